The number of hydrogen-bond donors (Lipinski definition) is 2. The maximum Gasteiger partial charge on any atom is 0.250 e. The van der Waals surface area contributed by atoms with Crippen LogP contribution in [0.3, 0.4) is 0 Å². The number of carbonyl (C=O) groups is 1. The topological polar surface area (TPSA) is 70.7 Å². The van der Waals surface area contributed by atoms with Crippen LogP contribution in [0.5, 0.6) is 0 Å². The van der Waals surface area contributed by atoms with Crippen molar-refractivity contribution in [3.63, 3.8) is 0 Å². The summed E-state index contributed by atoms with van der Waals surface area (Å²) in [5.41, 5.74) is 0.317. The van der Waals surface area contributed by atoms with E-state index in [9.17, 15) is 9.18 Å². The number of hydrogen-bond acceptors (Lipinski definition) is 3. The number of nitrogens with zero attached hydrogens (tertiary/aromatic N) is 2. The van der Waals surface area contributed by atoms with Crippen molar-refractivity contribution in [3.05, 3.63) is 46.5 Å². The van der Waals surface area contributed by atoms with Gasteiger partial charge in [0.2, 0.25) is 5.95 Å². The minimum atomic E-state index is -0.425. The van der Waals surface area contributed by atoms with Crippen LogP contribution < -0.4 is 5.32 Å². The zero-order valence-electron chi connectivity index (χ0n) is 9.02. The van der Waals surface area contributed by atoms with Gasteiger partial charge < -0.3 is 0 Å². The van der Waals surface area contributed by atoms with E-state index in [2.05, 4.69) is 36.4 Å². The van der Waals surface area contributed by atoms with Gasteiger partial charge >= 0.3 is 0 Å². The molecule has 0 aliphatic rings. The number of amides is 1. The lowest BCUT2D eigenvalue weighted by molar-refractivity contribution is -0.111. The highest BCUT2D eigenvalue weighted by atomic mass is 79.9. The van der Waals surface area contributed by atoms with Crippen LogP contribution in [0.2, 0.25) is 0 Å². The van der Waals surface area contributed by atoms with Crippen LogP contribution in [-0.2, 0) is 4.79 Å². The van der Waals surface area contributed by atoms with E-state index in [0.717, 1.165) is 4.47 Å². The molecule has 0 aliphatic heterocycles. The monoisotopic (exact) mass is 310 g/mol. The second kappa shape index (κ2) is 5.54. The molecule has 2 N–H and O–H groups in total. The summed E-state index contributed by atoms with van der Waals surface area (Å²) in [7, 11) is 0. The number of halogens is 2. The minimum absolute atomic E-state index is 0.236. The zero-order valence-corrected chi connectivity index (χ0v) is 10.6. The van der Waals surface area contributed by atoms with E-state index in [1.165, 1.54) is 24.5 Å². The van der Waals surface area contributed by atoms with E-state index in [-0.39, 0.29) is 5.95 Å². The predicted molar refractivity (Wildman–Crippen MR) is 68.1 cm³/mol. The first-order chi connectivity index (χ1) is 8.65. The molecule has 1 aromatic carbocycles. The van der Waals surface area contributed by atoms with Crippen molar-refractivity contribution in [2.24, 2.45) is 0 Å². The molecule has 0 saturated carbocycles. The highest BCUT2D eigenvalue weighted by Crippen LogP contribution is 2.16. The van der Waals surface area contributed by atoms with Crippen molar-refractivity contribution < 1.29 is 9.18 Å². The predicted octanol–water partition coefficient (Wildman–Crippen LogP) is 2.36. The van der Waals surface area contributed by atoms with Gasteiger partial charge in [0, 0.05) is 16.1 Å². The summed E-state index contributed by atoms with van der Waals surface area (Å²) in [6.07, 6.45) is 3.87. The number of anilines is 1. The Hall–Kier alpha value is -2.02. The van der Waals surface area contributed by atoms with E-state index >= 15 is 0 Å². The number of aromatic nitrogens is 3. The molecule has 5 nitrogen and oxygen atoms in total. The fourth-order valence-electron chi connectivity index (χ4n) is 1.23. The van der Waals surface area contributed by atoms with Crippen molar-refractivity contribution >= 4 is 33.9 Å². The Kier molecular flexibility index (Phi) is 3.83. The SMILES string of the molecule is O=C(C=Cc1cc(Br)ccc1F)Nc1ncn[nH]1. The lowest BCUT2D eigenvalue weighted by Gasteiger charge is -1.98. The Morgan fingerprint density at radius 2 is 2.33 bits per heavy atom. The van der Waals surface area contributed by atoms with Crippen molar-refractivity contribution in [1.82, 2.24) is 15.2 Å². The summed E-state index contributed by atoms with van der Waals surface area (Å²) in [6.45, 7) is 0. The van der Waals surface area contributed by atoms with Gasteiger partial charge in [-0.2, -0.15) is 10.1 Å². The molecule has 0 radical (unpaired) electrons. The van der Waals surface area contributed by atoms with Crippen molar-refractivity contribution in [1.29, 1.82) is 0 Å². The van der Waals surface area contributed by atoms with Crippen LogP contribution in [0.4, 0.5) is 10.3 Å². The molecule has 2 aromatic rings. The molecule has 18 heavy (non-hydrogen) atoms. The van der Waals surface area contributed by atoms with Gasteiger partial charge in [0.25, 0.3) is 5.91 Å². The number of benzene rings is 1. The molecule has 92 valence electrons. The molecule has 0 atom stereocenters. The largest absolute Gasteiger partial charge is 0.291 e. The zero-order chi connectivity index (χ0) is 13.0. The molecular weight excluding hydrogens is 303 g/mol. The van der Waals surface area contributed by atoms with Gasteiger partial charge in [-0.3, -0.25) is 10.1 Å². The number of carbonyl (C=O) groups excluding carboxylic acids is 1. The Labute approximate surface area is 110 Å². The summed E-state index contributed by atoms with van der Waals surface area (Å²) in [5, 5.41) is 8.49. The molecule has 0 bridgehead atoms. The number of aromatic amines is 1. The smallest absolute Gasteiger partial charge is 0.250 e. The van der Waals surface area contributed by atoms with Crippen molar-refractivity contribution in [2.45, 2.75) is 0 Å². The summed E-state index contributed by atoms with van der Waals surface area (Å²) in [5.74, 6) is -0.590. The normalized spacial score (nSPS) is 10.8. The van der Waals surface area contributed by atoms with Crippen LogP contribution >= 0.6 is 15.9 Å². The average Bonchev–Trinajstić information content (AvgIpc) is 2.83. The Bertz CT molecular complexity index is 583. The van der Waals surface area contributed by atoms with Gasteiger partial charge in [-0.05, 0) is 24.3 Å². The molecule has 0 aliphatic carbocycles. The summed E-state index contributed by atoms with van der Waals surface area (Å²) >= 11 is 3.23. The molecule has 0 fully saturated rings. The molecule has 0 saturated heterocycles. The first-order valence-electron chi connectivity index (χ1n) is 4.94. The third-order valence-electron chi connectivity index (χ3n) is 2.03. The molecular formula is C11H8BrFN4O. The Morgan fingerprint density at radius 3 is 3.06 bits per heavy atom. The van der Waals surface area contributed by atoms with E-state index in [1.807, 2.05) is 0 Å². The fourth-order valence-corrected chi connectivity index (χ4v) is 1.61. The van der Waals surface area contributed by atoms with E-state index < -0.39 is 11.7 Å². The van der Waals surface area contributed by atoms with Gasteiger partial charge in [-0.1, -0.05) is 15.9 Å². The quantitative estimate of drug-likeness (QED) is 0.855. The maximum atomic E-state index is 13.4. The lowest BCUT2D eigenvalue weighted by Crippen LogP contribution is -2.09. The van der Waals surface area contributed by atoms with E-state index in [0.29, 0.717) is 5.56 Å². The minimum Gasteiger partial charge on any atom is -0.291 e. The summed E-state index contributed by atoms with van der Waals surface area (Å²) < 4.78 is 14.1. The molecule has 0 spiro atoms. The van der Waals surface area contributed by atoms with Gasteiger partial charge in [-0.25, -0.2) is 9.49 Å². The standard InChI is InChI=1S/C11H8BrFN4O/c12-8-2-3-9(13)7(5-8)1-4-10(18)16-11-14-6-15-17-11/h1-6H,(H2,14,15,16,17,18). The highest BCUT2D eigenvalue weighted by Gasteiger charge is 2.02. The van der Waals surface area contributed by atoms with E-state index in [4.69, 9.17) is 0 Å². The third kappa shape index (κ3) is 3.24. The molecule has 7 heteroatoms. The molecule has 1 heterocycles. The number of H-pyrrole nitrogens is 1. The van der Waals surface area contributed by atoms with Crippen LogP contribution in [0.1, 0.15) is 5.56 Å². The third-order valence-corrected chi connectivity index (χ3v) is 2.52. The van der Waals surface area contributed by atoms with Gasteiger partial charge in [0.1, 0.15) is 12.1 Å². The lowest BCUT2D eigenvalue weighted by atomic mass is 10.2. The Morgan fingerprint density at radius 1 is 1.50 bits per heavy atom. The second-order valence-electron chi connectivity index (χ2n) is 3.32. The molecule has 2 rings (SSSR count). The first kappa shape index (κ1) is 12.4. The molecule has 1 amide bonds. The molecule has 0 unspecified atom stereocenters. The van der Waals surface area contributed by atoms with Crippen LogP contribution in [-0.4, -0.2) is 21.1 Å². The van der Waals surface area contributed by atoms with Crippen molar-refractivity contribution in [3.8, 4) is 0 Å². The fraction of sp³-hybridized carbons (Fsp3) is 0. The van der Waals surface area contributed by atoms with Gasteiger partial charge in [0.05, 0.1) is 0 Å². The number of rotatable bonds is 3. The van der Waals surface area contributed by atoms with Crippen molar-refractivity contribution in [2.75, 3.05) is 5.32 Å². The van der Waals surface area contributed by atoms with E-state index in [1.54, 1.807) is 12.1 Å². The Balaban J connectivity index is 2.06. The summed E-state index contributed by atoms with van der Waals surface area (Å²) in [4.78, 5) is 15.2. The second-order valence-corrected chi connectivity index (χ2v) is 4.24. The highest BCUT2D eigenvalue weighted by molar-refractivity contribution is 9.10. The van der Waals surface area contributed by atoms with Crippen LogP contribution in [0.15, 0.2) is 35.1 Å². The number of nitrogens with one attached hydrogen (secondary N) is 2. The van der Waals surface area contributed by atoms with Crippen LogP contribution in [0, 0.1) is 5.82 Å². The summed E-state index contributed by atoms with van der Waals surface area (Å²) in [6, 6.07) is 4.48. The first-order valence-corrected chi connectivity index (χ1v) is 5.74. The maximum absolute atomic E-state index is 13.4. The average molecular weight is 311 g/mol. The van der Waals surface area contributed by atoms with Gasteiger partial charge in [0.15, 0.2) is 0 Å². The molecule has 1 aromatic heterocycles. The van der Waals surface area contributed by atoms with Crippen LogP contribution in [0.25, 0.3) is 6.08 Å². The van der Waals surface area contributed by atoms with Gasteiger partial charge in [-0.15, -0.1) is 0 Å².